The van der Waals surface area contributed by atoms with Crippen molar-refractivity contribution in [1.82, 2.24) is 4.98 Å². The van der Waals surface area contributed by atoms with Gasteiger partial charge in [0, 0.05) is 28.8 Å². The Morgan fingerprint density at radius 2 is 2.08 bits per heavy atom. The lowest BCUT2D eigenvalue weighted by Crippen LogP contribution is -2.02. The smallest absolute Gasteiger partial charge is 0.331 e. The lowest BCUT2D eigenvalue weighted by Gasteiger charge is -2.04. The number of nitriles is 1. The lowest BCUT2D eigenvalue weighted by atomic mass is 10.1. The summed E-state index contributed by atoms with van der Waals surface area (Å²) in [5.41, 5.74) is 2.01. The Labute approximate surface area is 143 Å². The molecule has 2 aromatic carbocycles. The van der Waals surface area contributed by atoms with Gasteiger partial charge in [0.2, 0.25) is 0 Å². The van der Waals surface area contributed by atoms with Gasteiger partial charge in [-0.25, -0.2) is 9.18 Å². The molecule has 0 saturated carbocycles. The van der Waals surface area contributed by atoms with Gasteiger partial charge < -0.3 is 4.74 Å². The van der Waals surface area contributed by atoms with Crippen LogP contribution in [0.25, 0.3) is 17.0 Å². The van der Waals surface area contributed by atoms with Gasteiger partial charge in [0.25, 0.3) is 0 Å². The van der Waals surface area contributed by atoms with E-state index in [9.17, 15) is 9.18 Å². The molecule has 122 valence electrons. The third kappa shape index (κ3) is 3.88. The molecule has 25 heavy (non-hydrogen) atoms. The van der Waals surface area contributed by atoms with Crippen molar-refractivity contribution in [3.8, 4) is 6.07 Å². The Bertz CT molecular complexity index is 1000. The fourth-order valence-corrected chi connectivity index (χ4v) is 2.35. The molecule has 0 bridgehead atoms. The zero-order valence-corrected chi connectivity index (χ0v) is 13.1. The first kappa shape index (κ1) is 16.3. The van der Waals surface area contributed by atoms with Crippen LogP contribution in [0.15, 0.2) is 60.8 Å². The number of ether oxygens (including phenoxy) is 1. The molecule has 3 rings (SSSR count). The summed E-state index contributed by atoms with van der Waals surface area (Å²) in [4.78, 5) is 16.2. The minimum Gasteiger partial charge on any atom is -0.458 e. The number of esters is 1. The normalized spacial score (nSPS) is 10.7. The van der Waals surface area contributed by atoms with E-state index in [4.69, 9.17) is 10.00 Å². The van der Waals surface area contributed by atoms with Crippen LogP contribution in [0.5, 0.6) is 0 Å². The number of carbonyl (C=O) groups excluding carboxylic acids is 1. The van der Waals surface area contributed by atoms with Crippen LogP contribution in [0.2, 0.25) is 0 Å². The van der Waals surface area contributed by atoms with E-state index in [2.05, 4.69) is 4.98 Å². The molecule has 0 aliphatic heterocycles. The molecule has 3 aromatic rings. The van der Waals surface area contributed by atoms with Crippen LogP contribution in [-0.4, -0.2) is 11.0 Å². The predicted octanol–water partition coefficient (Wildman–Crippen LogP) is 4.00. The molecule has 0 atom stereocenters. The van der Waals surface area contributed by atoms with Crippen LogP contribution >= 0.6 is 0 Å². The maximum absolute atomic E-state index is 13.7. The van der Waals surface area contributed by atoms with Crippen molar-refractivity contribution >= 4 is 22.9 Å². The first-order chi connectivity index (χ1) is 12.2. The Hall–Kier alpha value is -3.52. The number of hydrogen-bond acceptors (Lipinski definition) is 4. The molecular weight excluding hydrogens is 319 g/mol. The monoisotopic (exact) mass is 332 g/mol. The second-order valence-electron chi connectivity index (χ2n) is 5.28. The number of fused-ring (bicyclic) bond motifs is 1. The molecule has 1 heterocycles. The summed E-state index contributed by atoms with van der Waals surface area (Å²) in [5.74, 6) is -1.16. The van der Waals surface area contributed by atoms with Crippen LogP contribution in [-0.2, 0) is 16.1 Å². The number of benzene rings is 2. The zero-order chi connectivity index (χ0) is 17.6. The number of hydrogen-bond donors (Lipinski definition) is 0. The topological polar surface area (TPSA) is 63.0 Å². The average Bonchev–Trinajstić information content (AvgIpc) is 2.65. The molecule has 0 amide bonds. The molecule has 4 nitrogen and oxygen atoms in total. The molecule has 0 saturated heterocycles. The molecule has 5 heteroatoms. The summed E-state index contributed by atoms with van der Waals surface area (Å²) >= 11 is 0. The lowest BCUT2D eigenvalue weighted by molar-refractivity contribution is -0.138. The van der Waals surface area contributed by atoms with Crippen molar-refractivity contribution in [2.24, 2.45) is 0 Å². The highest BCUT2D eigenvalue weighted by Crippen LogP contribution is 2.17. The molecule has 0 N–H and O–H groups in total. The Morgan fingerprint density at radius 3 is 2.88 bits per heavy atom. The van der Waals surface area contributed by atoms with Crippen molar-refractivity contribution in [3.05, 3.63) is 83.3 Å². The van der Waals surface area contributed by atoms with E-state index >= 15 is 0 Å². The number of halogens is 1. The first-order valence-electron chi connectivity index (χ1n) is 7.54. The molecule has 0 radical (unpaired) electrons. The van der Waals surface area contributed by atoms with E-state index in [1.54, 1.807) is 12.3 Å². The van der Waals surface area contributed by atoms with Crippen molar-refractivity contribution in [3.63, 3.8) is 0 Å². The van der Waals surface area contributed by atoms with Crippen LogP contribution in [0.3, 0.4) is 0 Å². The second kappa shape index (κ2) is 7.37. The van der Waals surface area contributed by atoms with E-state index < -0.39 is 11.8 Å². The van der Waals surface area contributed by atoms with Crippen molar-refractivity contribution in [1.29, 1.82) is 5.26 Å². The van der Waals surface area contributed by atoms with E-state index in [-0.39, 0.29) is 17.7 Å². The number of nitrogens with zero attached hydrogens (tertiary/aromatic N) is 2. The van der Waals surface area contributed by atoms with Gasteiger partial charge in [-0.3, -0.25) is 4.98 Å². The van der Waals surface area contributed by atoms with Crippen molar-refractivity contribution < 1.29 is 13.9 Å². The van der Waals surface area contributed by atoms with Gasteiger partial charge in [0.05, 0.1) is 17.1 Å². The molecule has 0 aliphatic carbocycles. The zero-order valence-electron chi connectivity index (χ0n) is 13.1. The Balaban J connectivity index is 1.68. The summed E-state index contributed by atoms with van der Waals surface area (Å²) in [5, 5.41) is 9.68. The van der Waals surface area contributed by atoms with E-state index in [1.165, 1.54) is 18.2 Å². The summed E-state index contributed by atoms with van der Waals surface area (Å²) in [6.07, 6.45) is 4.59. The Morgan fingerprint density at radius 1 is 1.24 bits per heavy atom. The van der Waals surface area contributed by atoms with Gasteiger partial charge >= 0.3 is 5.97 Å². The van der Waals surface area contributed by atoms with E-state index in [0.717, 1.165) is 22.5 Å². The minimum atomic E-state index is -0.586. The van der Waals surface area contributed by atoms with E-state index in [0.29, 0.717) is 0 Å². The largest absolute Gasteiger partial charge is 0.458 e. The molecule has 0 fully saturated rings. The molecule has 0 spiro atoms. The van der Waals surface area contributed by atoms with E-state index in [1.807, 2.05) is 36.4 Å². The van der Waals surface area contributed by atoms with Gasteiger partial charge in [-0.1, -0.05) is 30.3 Å². The van der Waals surface area contributed by atoms with Gasteiger partial charge in [0.15, 0.2) is 0 Å². The third-order valence-corrected chi connectivity index (χ3v) is 3.61. The number of rotatable bonds is 4. The quantitative estimate of drug-likeness (QED) is 0.535. The predicted molar refractivity (Wildman–Crippen MR) is 91.7 cm³/mol. The van der Waals surface area contributed by atoms with Gasteiger partial charge in [-0.15, -0.1) is 0 Å². The summed E-state index contributed by atoms with van der Waals surface area (Å²) < 4.78 is 18.8. The molecule has 0 unspecified atom stereocenters. The first-order valence-corrected chi connectivity index (χ1v) is 7.54. The van der Waals surface area contributed by atoms with Crippen LogP contribution in [0.4, 0.5) is 4.39 Å². The summed E-state index contributed by atoms with van der Waals surface area (Å²) in [6, 6.07) is 15.3. The highest BCUT2D eigenvalue weighted by molar-refractivity contribution is 5.92. The van der Waals surface area contributed by atoms with Crippen LogP contribution < -0.4 is 0 Å². The second-order valence-corrected chi connectivity index (χ2v) is 5.28. The summed E-state index contributed by atoms with van der Waals surface area (Å²) in [6.45, 7) is -0.200. The van der Waals surface area contributed by atoms with Gasteiger partial charge in [0.1, 0.15) is 12.4 Å². The molecule has 0 aliphatic rings. The van der Waals surface area contributed by atoms with Gasteiger partial charge in [-0.2, -0.15) is 5.26 Å². The molecule has 1 aromatic heterocycles. The fourth-order valence-electron chi connectivity index (χ4n) is 2.35. The SMILES string of the molecule is N#Cc1ccc(COC(=O)C=Cc2cccc3cccnc23)c(F)c1. The van der Waals surface area contributed by atoms with Crippen molar-refractivity contribution in [2.75, 3.05) is 0 Å². The van der Waals surface area contributed by atoms with Crippen LogP contribution in [0.1, 0.15) is 16.7 Å². The third-order valence-electron chi connectivity index (χ3n) is 3.61. The molecular formula is C20H13FN2O2. The highest BCUT2D eigenvalue weighted by atomic mass is 19.1. The highest BCUT2D eigenvalue weighted by Gasteiger charge is 2.06. The number of carbonyl (C=O) groups is 1. The van der Waals surface area contributed by atoms with Crippen molar-refractivity contribution in [2.45, 2.75) is 6.61 Å². The maximum atomic E-state index is 13.7. The maximum Gasteiger partial charge on any atom is 0.331 e. The van der Waals surface area contributed by atoms with Gasteiger partial charge in [-0.05, 0) is 24.3 Å². The average molecular weight is 332 g/mol. The number of aromatic nitrogens is 1. The standard InChI is InChI=1S/C20H13FN2O2/c21-18-11-14(12-22)6-7-17(18)13-25-19(24)9-8-16-4-1-3-15-5-2-10-23-20(15)16/h1-11H,13H2. The number of para-hydroxylation sites is 1. The summed E-state index contributed by atoms with van der Waals surface area (Å²) in [7, 11) is 0. The number of pyridine rings is 1. The minimum absolute atomic E-state index is 0.200. The van der Waals surface area contributed by atoms with Crippen LogP contribution in [0, 0.1) is 17.1 Å². The fraction of sp³-hybridized carbons (Fsp3) is 0.0500. The Kier molecular flexibility index (Phi) is 4.82.